The molecule has 6 heteroatoms. The second-order valence-corrected chi connectivity index (χ2v) is 6.94. The maximum absolute atomic E-state index is 12.1. The van der Waals surface area contributed by atoms with Crippen LogP contribution in [0.25, 0.3) is 0 Å². The fourth-order valence-electron chi connectivity index (χ4n) is 2.07. The highest BCUT2D eigenvalue weighted by Crippen LogP contribution is 2.49. The fraction of sp³-hybridized carbons (Fsp3) is 0.733. The van der Waals surface area contributed by atoms with Crippen molar-refractivity contribution in [1.82, 2.24) is 0 Å². The van der Waals surface area contributed by atoms with Crippen LogP contribution in [0.4, 0.5) is 0 Å². The normalized spacial score (nSPS) is 22.2. The highest BCUT2D eigenvalue weighted by molar-refractivity contribution is 7.48. The number of nitrogens with two attached hydrogens (primary N) is 1. The molecule has 0 heterocycles. The average molecular weight is 317 g/mol. The molecule has 0 bridgehead atoms. The standard InChI is InChI=1S/C15H28NO4P/c1-3-8-14-13-15(14)9-12-20-21(17,18-2)19-11-7-5-4-6-10-16/h3,9,14H,1,4-8,10-13,16H2,2H3/b15-9-. The zero-order valence-electron chi connectivity index (χ0n) is 13.0. The Morgan fingerprint density at radius 1 is 1.33 bits per heavy atom. The third kappa shape index (κ3) is 7.93. The van der Waals surface area contributed by atoms with Crippen LogP contribution in [0.3, 0.4) is 0 Å². The van der Waals surface area contributed by atoms with E-state index in [2.05, 4.69) is 6.58 Å². The molecule has 0 saturated heterocycles. The molecule has 1 saturated carbocycles. The lowest BCUT2D eigenvalue weighted by Crippen LogP contribution is -2.01. The quantitative estimate of drug-likeness (QED) is 0.318. The van der Waals surface area contributed by atoms with Crippen molar-refractivity contribution in [3.05, 3.63) is 24.3 Å². The van der Waals surface area contributed by atoms with E-state index in [1.807, 2.05) is 12.2 Å². The fourth-order valence-corrected chi connectivity index (χ4v) is 2.96. The molecule has 0 aromatic heterocycles. The molecular weight excluding hydrogens is 289 g/mol. The van der Waals surface area contributed by atoms with Crippen LogP contribution in [-0.2, 0) is 18.1 Å². The van der Waals surface area contributed by atoms with E-state index in [-0.39, 0.29) is 6.61 Å². The van der Waals surface area contributed by atoms with Gasteiger partial charge in [-0.15, -0.1) is 6.58 Å². The number of rotatable bonds is 13. The summed E-state index contributed by atoms with van der Waals surface area (Å²) in [5.41, 5.74) is 6.75. The summed E-state index contributed by atoms with van der Waals surface area (Å²) >= 11 is 0. The van der Waals surface area contributed by atoms with Crippen LogP contribution in [0.2, 0.25) is 0 Å². The molecule has 1 aliphatic rings. The topological polar surface area (TPSA) is 70.8 Å². The maximum Gasteiger partial charge on any atom is 0.474 e. The number of phosphoric ester groups is 1. The first kappa shape index (κ1) is 18.6. The largest absolute Gasteiger partial charge is 0.474 e. The van der Waals surface area contributed by atoms with Gasteiger partial charge in [0.05, 0.1) is 13.2 Å². The number of allylic oxidation sites excluding steroid dienone is 2. The molecule has 5 nitrogen and oxygen atoms in total. The Morgan fingerprint density at radius 2 is 2.10 bits per heavy atom. The second kappa shape index (κ2) is 10.3. The highest BCUT2D eigenvalue weighted by Gasteiger charge is 2.29. The predicted molar refractivity (Wildman–Crippen MR) is 85.0 cm³/mol. The lowest BCUT2D eigenvalue weighted by atomic mass is 10.2. The second-order valence-electron chi connectivity index (χ2n) is 5.17. The van der Waals surface area contributed by atoms with Gasteiger partial charge in [0.1, 0.15) is 0 Å². The van der Waals surface area contributed by atoms with Gasteiger partial charge in [0.25, 0.3) is 0 Å². The molecule has 2 N–H and O–H groups in total. The first-order valence-corrected chi connectivity index (χ1v) is 9.06. The molecule has 2 atom stereocenters. The molecule has 0 radical (unpaired) electrons. The number of unbranched alkanes of at least 4 members (excludes halogenated alkanes) is 3. The highest BCUT2D eigenvalue weighted by atomic mass is 31.2. The van der Waals surface area contributed by atoms with Crippen LogP contribution >= 0.6 is 7.82 Å². The van der Waals surface area contributed by atoms with Crippen molar-refractivity contribution < 1.29 is 18.1 Å². The van der Waals surface area contributed by atoms with Crippen molar-refractivity contribution >= 4 is 7.82 Å². The molecule has 122 valence electrons. The Balaban J connectivity index is 2.17. The van der Waals surface area contributed by atoms with Crippen LogP contribution in [0.1, 0.15) is 38.5 Å². The molecule has 1 fully saturated rings. The van der Waals surface area contributed by atoms with Gasteiger partial charge >= 0.3 is 7.82 Å². The van der Waals surface area contributed by atoms with Crippen molar-refractivity contribution in [3.63, 3.8) is 0 Å². The van der Waals surface area contributed by atoms with Gasteiger partial charge in [0, 0.05) is 7.11 Å². The Hall–Kier alpha value is -0.450. The first-order valence-electron chi connectivity index (χ1n) is 7.60. The third-order valence-electron chi connectivity index (χ3n) is 3.45. The Kier molecular flexibility index (Phi) is 9.13. The summed E-state index contributed by atoms with van der Waals surface area (Å²) in [6.07, 6.45) is 9.87. The Morgan fingerprint density at radius 3 is 2.76 bits per heavy atom. The minimum atomic E-state index is -3.41. The molecule has 2 unspecified atom stereocenters. The van der Waals surface area contributed by atoms with Gasteiger partial charge in [-0.1, -0.05) is 30.6 Å². The summed E-state index contributed by atoms with van der Waals surface area (Å²) in [4.78, 5) is 0. The van der Waals surface area contributed by atoms with E-state index < -0.39 is 7.82 Å². The molecular formula is C15H28NO4P. The number of hydrogen-bond acceptors (Lipinski definition) is 5. The predicted octanol–water partition coefficient (Wildman–Crippen LogP) is 3.82. The van der Waals surface area contributed by atoms with E-state index in [0.29, 0.717) is 19.1 Å². The smallest absolute Gasteiger partial charge is 0.330 e. The van der Waals surface area contributed by atoms with Crippen molar-refractivity contribution in [3.8, 4) is 0 Å². The van der Waals surface area contributed by atoms with E-state index >= 15 is 0 Å². The van der Waals surface area contributed by atoms with Crippen LogP contribution in [0, 0.1) is 5.92 Å². The first-order chi connectivity index (χ1) is 10.1. The molecule has 0 aliphatic heterocycles. The summed E-state index contributed by atoms with van der Waals surface area (Å²) in [5.74, 6) is 0.594. The lowest BCUT2D eigenvalue weighted by Gasteiger charge is -2.14. The van der Waals surface area contributed by atoms with E-state index in [1.54, 1.807) is 0 Å². The van der Waals surface area contributed by atoms with Gasteiger partial charge in [-0.25, -0.2) is 4.57 Å². The van der Waals surface area contributed by atoms with Crippen molar-refractivity contribution in [2.45, 2.75) is 38.5 Å². The SMILES string of the molecule is C=CCC1C/C1=C/COP(=O)(OC)OCCCCCCN. The van der Waals surface area contributed by atoms with Gasteiger partial charge in [0.15, 0.2) is 0 Å². The third-order valence-corrected chi connectivity index (χ3v) is 4.86. The molecule has 0 amide bonds. The summed E-state index contributed by atoms with van der Waals surface area (Å²) in [6.45, 7) is 5.07. The Bertz CT molecular complexity index is 384. The Labute approximate surface area is 128 Å². The van der Waals surface area contributed by atoms with Crippen molar-refractivity contribution in [2.24, 2.45) is 11.7 Å². The number of phosphoric acid groups is 1. The zero-order chi connectivity index (χ0) is 15.6. The van der Waals surface area contributed by atoms with Gasteiger partial charge in [-0.2, -0.15) is 0 Å². The summed E-state index contributed by atoms with van der Waals surface area (Å²) in [6, 6.07) is 0. The van der Waals surface area contributed by atoms with E-state index in [1.165, 1.54) is 12.7 Å². The van der Waals surface area contributed by atoms with Gasteiger partial charge in [0.2, 0.25) is 0 Å². The summed E-state index contributed by atoms with van der Waals surface area (Å²) < 4.78 is 27.6. The monoisotopic (exact) mass is 317 g/mol. The number of hydrogen-bond donors (Lipinski definition) is 1. The molecule has 0 spiro atoms. The van der Waals surface area contributed by atoms with Crippen LogP contribution in [0.5, 0.6) is 0 Å². The van der Waals surface area contributed by atoms with E-state index in [4.69, 9.17) is 19.3 Å². The van der Waals surface area contributed by atoms with Gasteiger partial charge in [-0.3, -0.25) is 13.6 Å². The molecule has 21 heavy (non-hydrogen) atoms. The van der Waals surface area contributed by atoms with Crippen LogP contribution < -0.4 is 5.73 Å². The zero-order valence-corrected chi connectivity index (χ0v) is 13.9. The van der Waals surface area contributed by atoms with Gasteiger partial charge < -0.3 is 5.73 Å². The van der Waals surface area contributed by atoms with Crippen molar-refractivity contribution in [1.29, 1.82) is 0 Å². The molecule has 1 rings (SSSR count). The average Bonchev–Trinajstić information content (AvgIpc) is 3.21. The van der Waals surface area contributed by atoms with Crippen LogP contribution in [-0.4, -0.2) is 26.9 Å². The van der Waals surface area contributed by atoms with Crippen LogP contribution in [0.15, 0.2) is 24.3 Å². The minimum Gasteiger partial charge on any atom is -0.330 e. The summed E-state index contributed by atoms with van der Waals surface area (Å²) in [7, 11) is -2.06. The van der Waals surface area contributed by atoms with E-state index in [0.717, 1.165) is 38.5 Å². The minimum absolute atomic E-state index is 0.265. The lowest BCUT2D eigenvalue weighted by molar-refractivity contribution is 0.139. The maximum atomic E-state index is 12.1. The molecule has 0 aromatic carbocycles. The summed E-state index contributed by atoms with van der Waals surface area (Å²) in [5, 5.41) is 0. The molecule has 0 aromatic rings. The van der Waals surface area contributed by atoms with Gasteiger partial charge in [-0.05, 0) is 38.1 Å². The van der Waals surface area contributed by atoms with E-state index in [9.17, 15) is 4.57 Å². The molecule has 1 aliphatic carbocycles. The van der Waals surface area contributed by atoms with Crippen molar-refractivity contribution in [2.75, 3.05) is 26.9 Å².